The quantitative estimate of drug-likeness (QED) is 0.617. The molecule has 1 heterocycles. The summed E-state index contributed by atoms with van der Waals surface area (Å²) in [7, 11) is 0. The second kappa shape index (κ2) is 4.77. The Morgan fingerprint density at radius 3 is 3.14 bits per heavy atom. The van der Waals surface area contributed by atoms with Crippen molar-refractivity contribution in [2.45, 2.75) is 19.4 Å². The van der Waals surface area contributed by atoms with Crippen LogP contribution in [0.15, 0.2) is 6.20 Å². The van der Waals surface area contributed by atoms with Gasteiger partial charge in [-0.1, -0.05) is 0 Å². The number of nitrogens with zero attached hydrogens (tertiary/aromatic N) is 2. The maximum atomic E-state index is 13.1. The normalized spacial score (nSPS) is 11.9. The van der Waals surface area contributed by atoms with Crippen LogP contribution < -0.4 is 5.32 Å². The van der Waals surface area contributed by atoms with Gasteiger partial charge in [0.1, 0.15) is 0 Å². The minimum atomic E-state index is -0.543. The molecule has 1 unspecified atom stereocenters. The van der Waals surface area contributed by atoms with E-state index in [9.17, 15) is 4.39 Å². The molecule has 1 aromatic rings. The van der Waals surface area contributed by atoms with Crippen molar-refractivity contribution in [3.8, 4) is 12.3 Å². The standard InChI is InChI=1S/C9H9ClFN3/c1-3-4-6(2)13-8-7(11)5-12-9(10)14-8/h1,5-6H,4H2,2H3,(H,12,13,14). The summed E-state index contributed by atoms with van der Waals surface area (Å²) in [4.78, 5) is 7.19. The summed E-state index contributed by atoms with van der Waals surface area (Å²) in [5.41, 5.74) is 0. The van der Waals surface area contributed by atoms with Gasteiger partial charge in [-0.05, 0) is 18.5 Å². The Hall–Kier alpha value is -1.34. The van der Waals surface area contributed by atoms with Gasteiger partial charge in [-0.2, -0.15) is 4.98 Å². The highest BCUT2D eigenvalue weighted by Crippen LogP contribution is 2.13. The van der Waals surface area contributed by atoms with Crippen LogP contribution in [0.2, 0.25) is 5.28 Å². The van der Waals surface area contributed by atoms with Crippen LogP contribution in [0, 0.1) is 18.2 Å². The first kappa shape index (κ1) is 10.7. The Morgan fingerprint density at radius 1 is 1.79 bits per heavy atom. The van der Waals surface area contributed by atoms with E-state index in [-0.39, 0.29) is 17.1 Å². The zero-order valence-electron chi connectivity index (χ0n) is 7.59. The number of rotatable bonds is 3. The Kier molecular flexibility index (Phi) is 3.66. The fraction of sp³-hybridized carbons (Fsp3) is 0.333. The highest BCUT2D eigenvalue weighted by atomic mass is 35.5. The molecule has 0 saturated carbocycles. The van der Waals surface area contributed by atoms with Crippen molar-refractivity contribution in [3.63, 3.8) is 0 Å². The van der Waals surface area contributed by atoms with E-state index < -0.39 is 5.82 Å². The van der Waals surface area contributed by atoms with Gasteiger partial charge in [-0.15, -0.1) is 12.3 Å². The van der Waals surface area contributed by atoms with Gasteiger partial charge in [0.25, 0.3) is 0 Å². The van der Waals surface area contributed by atoms with Crippen molar-refractivity contribution in [2.75, 3.05) is 5.32 Å². The van der Waals surface area contributed by atoms with Gasteiger partial charge in [0.2, 0.25) is 5.28 Å². The maximum Gasteiger partial charge on any atom is 0.224 e. The molecule has 1 aromatic heterocycles. The zero-order valence-corrected chi connectivity index (χ0v) is 8.35. The SMILES string of the molecule is C#CCC(C)Nc1nc(Cl)ncc1F. The molecule has 0 spiro atoms. The smallest absolute Gasteiger partial charge is 0.224 e. The molecule has 1 N–H and O–H groups in total. The summed E-state index contributed by atoms with van der Waals surface area (Å²) in [5.74, 6) is 1.99. The second-order valence-corrected chi connectivity index (χ2v) is 3.13. The molecule has 1 rings (SSSR count). The van der Waals surface area contributed by atoms with E-state index in [1.54, 1.807) is 0 Å². The summed E-state index contributed by atoms with van der Waals surface area (Å²) < 4.78 is 13.1. The summed E-state index contributed by atoms with van der Waals surface area (Å²) in [6, 6.07) is -0.0551. The summed E-state index contributed by atoms with van der Waals surface area (Å²) >= 11 is 5.51. The number of halogens is 2. The van der Waals surface area contributed by atoms with E-state index in [1.165, 1.54) is 0 Å². The lowest BCUT2D eigenvalue weighted by molar-refractivity contribution is 0.612. The van der Waals surface area contributed by atoms with Gasteiger partial charge >= 0.3 is 0 Å². The predicted molar refractivity (Wildman–Crippen MR) is 53.5 cm³/mol. The molecule has 0 radical (unpaired) electrons. The molecule has 0 aliphatic heterocycles. The van der Waals surface area contributed by atoms with Crippen molar-refractivity contribution in [1.82, 2.24) is 9.97 Å². The third kappa shape index (κ3) is 2.86. The maximum absolute atomic E-state index is 13.1. The molecular weight excluding hydrogens is 205 g/mol. The average molecular weight is 214 g/mol. The van der Waals surface area contributed by atoms with Crippen LogP contribution in [-0.2, 0) is 0 Å². The first-order valence-electron chi connectivity index (χ1n) is 4.01. The van der Waals surface area contributed by atoms with Gasteiger partial charge < -0.3 is 5.32 Å². The molecular formula is C9H9ClFN3. The van der Waals surface area contributed by atoms with Crippen LogP contribution in [-0.4, -0.2) is 16.0 Å². The molecule has 14 heavy (non-hydrogen) atoms. The fourth-order valence-corrected chi connectivity index (χ4v) is 1.04. The molecule has 3 nitrogen and oxygen atoms in total. The first-order valence-corrected chi connectivity index (χ1v) is 4.39. The molecule has 1 atom stereocenters. The minimum absolute atomic E-state index is 0.00167. The Bertz CT molecular complexity index is 362. The minimum Gasteiger partial charge on any atom is -0.364 e. The molecule has 0 amide bonds. The van der Waals surface area contributed by atoms with Crippen LogP contribution in [0.25, 0.3) is 0 Å². The molecule has 0 aromatic carbocycles. The zero-order chi connectivity index (χ0) is 10.6. The van der Waals surface area contributed by atoms with Crippen LogP contribution in [0.1, 0.15) is 13.3 Å². The lowest BCUT2D eigenvalue weighted by atomic mass is 10.2. The van der Waals surface area contributed by atoms with Crippen molar-refractivity contribution < 1.29 is 4.39 Å². The van der Waals surface area contributed by atoms with Crippen LogP contribution in [0.3, 0.4) is 0 Å². The Morgan fingerprint density at radius 2 is 2.50 bits per heavy atom. The van der Waals surface area contributed by atoms with Gasteiger partial charge in [-0.3, -0.25) is 0 Å². The van der Waals surface area contributed by atoms with Crippen molar-refractivity contribution in [1.29, 1.82) is 0 Å². The molecule has 5 heteroatoms. The van der Waals surface area contributed by atoms with Crippen LogP contribution in [0.5, 0.6) is 0 Å². The highest BCUT2D eigenvalue weighted by molar-refractivity contribution is 6.28. The Labute approximate surface area is 86.7 Å². The Balaban J connectivity index is 2.76. The molecule has 0 fully saturated rings. The van der Waals surface area contributed by atoms with Gasteiger partial charge in [0.05, 0.1) is 6.20 Å². The van der Waals surface area contributed by atoms with E-state index in [1.807, 2.05) is 6.92 Å². The number of aromatic nitrogens is 2. The largest absolute Gasteiger partial charge is 0.364 e. The monoisotopic (exact) mass is 213 g/mol. The molecule has 0 aliphatic carbocycles. The number of nitrogens with one attached hydrogen (secondary N) is 1. The fourth-order valence-electron chi connectivity index (χ4n) is 0.908. The molecule has 0 aliphatic rings. The lowest BCUT2D eigenvalue weighted by Gasteiger charge is -2.11. The third-order valence-corrected chi connectivity index (χ3v) is 1.70. The average Bonchev–Trinajstić information content (AvgIpc) is 2.12. The molecule has 74 valence electrons. The van der Waals surface area contributed by atoms with Crippen molar-refractivity contribution in [3.05, 3.63) is 17.3 Å². The first-order chi connectivity index (χ1) is 6.63. The van der Waals surface area contributed by atoms with Crippen molar-refractivity contribution in [2.24, 2.45) is 0 Å². The van der Waals surface area contributed by atoms with Gasteiger partial charge in [-0.25, -0.2) is 9.37 Å². The second-order valence-electron chi connectivity index (χ2n) is 2.79. The topological polar surface area (TPSA) is 37.8 Å². The summed E-state index contributed by atoms with van der Waals surface area (Å²) in [6.07, 6.45) is 6.61. The lowest BCUT2D eigenvalue weighted by Crippen LogP contribution is -2.16. The number of terminal acetylenes is 1. The van der Waals surface area contributed by atoms with E-state index in [2.05, 4.69) is 21.2 Å². The highest BCUT2D eigenvalue weighted by Gasteiger charge is 2.08. The third-order valence-electron chi connectivity index (χ3n) is 1.52. The van der Waals surface area contributed by atoms with Crippen LogP contribution in [0.4, 0.5) is 10.2 Å². The summed E-state index contributed by atoms with van der Waals surface area (Å²) in [5, 5.41) is 2.80. The van der Waals surface area contributed by atoms with Gasteiger partial charge in [0, 0.05) is 12.5 Å². The number of hydrogen-bond acceptors (Lipinski definition) is 3. The van der Waals surface area contributed by atoms with E-state index in [4.69, 9.17) is 18.0 Å². The number of hydrogen-bond donors (Lipinski definition) is 1. The number of anilines is 1. The van der Waals surface area contributed by atoms with E-state index in [0.29, 0.717) is 6.42 Å². The van der Waals surface area contributed by atoms with Gasteiger partial charge in [0.15, 0.2) is 11.6 Å². The van der Waals surface area contributed by atoms with Crippen molar-refractivity contribution >= 4 is 17.4 Å². The van der Waals surface area contributed by atoms with E-state index in [0.717, 1.165) is 6.20 Å². The molecule has 0 bridgehead atoms. The molecule has 0 saturated heterocycles. The van der Waals surface area contributed by atoms with Crippen LogP contribution >= 0.6 is 11.6 Å². The summed E-state index contributed by atoms with van der Waals surface area (Å²) in [6.45, 7) is 1.83. The van der Waals surface area contributed by atoms with E-state index >= 15 is 0 Å². The predicted octanol–water partition coefficient (Wildman–Crippen LogP) is 2.09.